The van der Waals surface area contributed by atoms with Crippen molar-refractivity contribution in [1.82, 2.24) is 10.2 Å². The summed E-state index contributed by atoms with van der Waals surface area (Å²) in [7, 11) is 0. The second kappa shape index (κ2) is 4.53. The zero-order valence-electron chi connectivity index (χ0n) is 9.76. The van der Waals surface area contributed by atoms with E-state index in [2.05, 4.69) is 10.2 Å². The summed E-state index contributed by atoms with van der Waals surface area (Å²) in [6.45, 7) is 0. The molecule has 0 aliphatic carbocycles. The van der Waals surface area contributed by atoms with Crippen LogP contribution >= 0.6 is 0 Å². The number of H-pyrrole nitrogens is 1. The lowest BCUT2D eigenvalue weighted by Crippen LogP contribution is -1.85. The third-order valence-corrected chi connectivity index (χ3v) is 2.71. The molecule has 3 aromatic rings. The number of carbonyl (C=O) groups is 1. The molecule has 0 radical (unpaired) electrons. The molecule has 1 aromatic heterocycles. The Morgan fingerprint density at radius 1 is 1.16 bits per heavy atom. The second-order valence-electron chi connectivity index (χ2n) is 3.99. The van der Waals surface area contributed by atoms with Gasteiger partial charge < -0.3 is 4.74 Å². The first-order chi connectivity index (χ1) is 9.26. The van der Waals surface area contributed by atoms with E-state index >= 15 is 0 Å². The number of aromatic amines is 1. The predicted octanol–water partition coefficient (Wildman–Crippen LogP) is 3.31. The van der Waals surface area contributed by atoms with Crippen LogP contribution in [0.5, 0.6) is 11.5 Å². The summed E-state index contributed by atoms with van der Waals surface area (Å²) in [5.41, 5.74) is 1.06. The topological polar surface area (TPSA) is 55.0 Å². The lowest BCUT2D eigenvalue weighted by atomic mass is 10.2. The van der Waals surface area contributed by atoms with Crippen LogP contribution in [0.4, 0.5) is 4.39 Å². The molecule has 0 aliphatic rings. The van der Waals surface area contributed by atoms with Crippen LogP contribution in [0.25, 0.3) is 10.9 Å². The molecule has 0 bridgehead atoms. The molecule has 94 valence electrons. The highest BCUT2D eigenvalue weighted by molar-refractivity contribution is 5.95. The minimum Gasteiger partial charge on any atom is -0.457 e. The molecule has 0 atom stereocenters. The van der Waals surface area contributed by atoms with Gasteiger partial charge in [0.1, 0.15) is 23.0 Å². The Morgan fingerprint density at radius 3 is 2.79 bits per heavy atom. The Hall–Kier alpha value is -2.69. The summed E-state index contributed by atoms with van der Waals surface area (Å²) < 4.78 is 18.6. The Morgan fingerprint density at radius 2 is 2.00 bits per heavy atom. The van der Waals surface area contributed by atoms with Gasteiger partial charge in [-0.05, 0) is 30.3 Å². The van der Waals surface area contributed by atoms with Crippen LogP contribution in [0.2, 0.25) is 0 Å². The monoisotopic (exact) mass is 256 g/mol. The van der Waals surface area contributed by atoms with Crippen molar-refractivity contribution in [2.45, 2.75) is 0 Å². The van der Waals surface area contributed by atoms with Crippen LogP contribution in [-0.2, 0) is 0 Å². The van der Waals surface area contributed by atoms with Gasteiger partial charge in [0.2, 0.25) is 0 Å². The zero-order valence-corrected chi connectivity index (χ0v) is 9.76. The van der Waals surface area contributed by atoms with Crippen LogP contribution < -0.4 is 4.74 Å². The fraction of sp³-hybridized carbons (Fsp3) is 0. The van der Waals surface area contributed by atoms with E-state index in [1.165, 1.54) is 12.1 Å². The van der Waals surface area contributed by atoms with E-state index in [9.17, 15) is 9.18 Å². The van der Waals surface area contributed by atoms with E-state index in [0.717, 1.165) is 5.52 Å². The number of rotatable bonds is 3. The van der Waals surface area contributed by atoms with Gasteiger partial charge in [-0.25, -0.2) is 4.39 Å². The summed E-state index contributed by atoms with van der Waals surface area (Å²) in [6.07, 6.45) is 0.671. The quantitative estimate of drug-likeness (QED) is 0.731. The molecule has 0 amide bonds. The van der Waals surface area contributed by atoms with Gasteiger partial charge >= 0.3 is 0 Å². The first-order valence-corrected chi connectivity index (χ1v) is 5.63. The Kier molecular flexibility index (Phi) is 2.72. The smallest absolute Gasteiger partial charge is 0.170 e. The third-order valence-electron chi connectivity index (χ3n) is 2.71. The average Bonchev–Trinajstić information content (AvgIpc) is 2.81. The van der Waals surface area contributed by atoms with Crippen molar-refractivity contribution >= 4 is 17.2 Å². The summed E-state index contributed by atoms with van der Waals surface area (Å²) in [4.78, 5) is 10.8. The average molecular weight is 256 g/mol. The third kappa shape index (κ3) is 2.18. The lowest BCUT2D eigenvalue weighted by molar-refractivity contribution is 0.112. The molecule has 5 heteroatoms. The molecule has 0 saturated heterocycles. The van der Waals surface area contributed by atoms with E-state index in [4.69, 9.17) is 4.74 Å². The van der Waals surface area contributed by atoms with E-state index in [0.29, 0.717) is 28.9 Å². The van der Waals surface area contributed by atoms with Crippen molar-refractivity contribution in [2.75, 3.05) is 0 Å². The SMILES string of the molecule is O=Cc1n[nH]c2ccc(Oc3cccc(F)c3)cc12. The van der Waals surface area contributed by atoms with E-state index in [1.807, 2.05) is 0 Å². The minimum atomic E-state index is -0.365. The second-order valence-corrected chi connectivity index (χ2v) is 3.99. The van der Waals surface area contributed by atoms with Crippen molar-refractivity contribution in [3.05, 3.63) is 54.0 Å². The molecule has 0 aliphatic heterocycles. The zero-order chi connectivity index (χ0) is 13.2. The molecular formula is C14H9FN2O2. The number of aldehydes is 1. The van der Waals surface area contributed by atoms with Crippen LogP contribution in [0.15, 0.2) is 42.5 Å². The molecule has 0 spiro atoms. The first kappa shape index (κ1) is 11.4. The maximum Gasteiger partial charge on any atom is 0.170 e. The molecule has 3 rings (SSSR count). The molecule has 0 saturated carbocycles. The normalized spacial score (nSPS) is 10.6. The Balaban J connectivity index is 1.99. The maximum atomic E-state index is 13.1. The molecule has 0 unspecified atom stereocenters. The van der Waals surface area contributed by atoms with Gasteiger partial charge in [0.15, 0.2) is 6.29 Å². The van der Waals surface area contributed by atoms with Gasteiger partial charge in [-0.15, -0.1) is 0 Å². The number of nitrogens with zero attached hydrogens (tertiary/aromatic N) is 1. The maximum absolute atomic E-state index is 13.1. The fourth-order valence-corrected chi connectivity index (χ4v) is 1.83. The molecule has 19 heavy (non-hydrogen) atoms. The summed E-state index contributed by atoms with van der Waals surface area (Å²) in [5.74, 6) is 0.550. The van der Waals surface area contributed by atoms with Crippen molar-refractivity contribution < 1.29 is 13.9 Å². The standard InChI is InChI=1S/C14H9FN2O2/c15-9-2-1-3-10(6-9)19-11-4-5-13-12(7-11)14(8-18)17-16-13/h1-8H,(H,16,17). The van der Waals surface area contributed by atoms with Gasteiger partial charge in [0, 0.05) is 11.5 Å². The van der Waals surface area contributed by atoms with Crippen LogP contribution in [0.3, 0.4) is 0 Å². The number of nitrogens with one attached hydrogen (secondary N) is 1. The minimum absolute atomic E-state index is 0.319. The van der Waals surface area contributed by atoms with E-state index in [-0.39, 0.29) is 5.82 Å². The Labute approximate surface area is 107 Å². The summed E-state index contributed by atoms with van der Waals surface area (Å²) in [6, 6.07) is 11.0. The summed E-state index contributed by atoms with van der Waals surface area (Å²) >= 11 is 0. The number of aromatic nitrogens is 2. The van der Waals surface area contributed by atoms with Crippen molar-refractivity contribution in [2.24, 2.45) is 0 Å². The number of fused-ring (bicyclic) bond motifs is 1. The van der Waals surface area contributed by atoms with Crippen molar-refractivity contribution in [1.29, 1.82) is 0 Å². The van der Waals surface area contributed by atoms with Gasteiger partial charge in [-0.1, -0.05) is 6.07 Å². The summed E-state index contributed by atoms with van der Waals surface area (Å²) in [5, 5.41) is 7.28. The number of ether oxygens (including phenoxy) is 1. The van der Waals surface area contributed by atoms with Crippen LogP contribution in [-0.4, -0.2) is 16.5 Å². The highest BCUT2D eigenvalue weighted by atomic mass is 19.1. The highest BCUT2D eigenvalue weighted by Gasteiger charge is 2.06. The predicted molar refractivity (Wildman–Crippen MR) is 68.0 cm³/mol. The Bertz CT molecular complexity index is 752. The first-order valence-electron chi connectivity index (χ1n) is 5.63. The van der Waals surface area contributed by atoms with Gasteiger partial charge in [-0.3, -0.25) is 9.89 Å². The molecule has 1 N–H and O–H groups in total. The van der Waals surface area contributed by atoms with Gasteiger partial charge in [-0.2, -0.15) is 5.10 Å². The number of hydrogen-bond donors (Lipinski definition) is 1. The molecular weight excluding hydrogens is 247 g/mol. The lowest BCUT2D eigenvalue weighted by Gasteiger charge is -2.05. The van der Waals surface area contributed by atoms with E-state index < -0.39 is 0 Å². The van der Waals surface area contributed by atoms with Gasteiger partial charge in [0.05, 0.1) is 5.52 Å². The van der Waals surface area contributed by atoms with Crippen molar-refractivity contribution in [3.63, 3.8) is 0 Å². The van der Waals surface area contributed by atoms with Crippen LogP contribution in [0, 0.1) is 5.82 Å². The highest BCUT2D eigenvalue weighted by Crippen LogP contribution is 2.26. The molecule has 1 heterocycles. The van der Waals surface area contributed by atoms with Gasteiger partial charge in [0.25, 0.3) is 0 Å². The number of hydrogen-bond acceptors (Lipinski definition) is 3. The molecule has 0 fully saturated rings. The largest absolute Gasteiger partial charge is 0.457 e. The van der Waals surface area contributed by atoms with Crippen molar-refractivity contribution in [3.8, 4) is 11.5 Å². The number of halogens is 1. The number of carbonyl (C=O) groups excluding carboxylic acids is 1. The number of benzene rings is 2. The van der Waals surface area contributed by atoms with Crippen LogP contribution in [0.1, 0.15) is 10.5 Å². The van der Waals surface area contributed by atoms with E-state index in [1.54, 1.807) is 30.3 Å². The fourth-order valence-electron chi connectivity index (χ4n) is 1.83. The molecule has 2 aromatic carbocycles. The molecule has 4 nitrogen and oxygen atoms in total.